The fourth-order valence-electron chi connectivity index (χ4n) is 4.60. The number of carbonyl (C=O) groups is 3. The topological polar surface area (TPSA) is 57.7 Å². The Morgan fingerprint density at radius 1 is 1.00 bits per heavy atom. The second kappa shape index (κ2) is 5.83. The molecule has 3 amide bonds. The Hall–Kier alpha value is -2.43. The van der Waals surface area contributed by atoms with Gasteiger partial charge >= 0.3 is 0 Å². The Balaban J connectivity index is 1.58. The molecule has 0 aromatic heterocycles. The van der Waals surface area contributed by atoms with E-state index in [-0.39, 0.29) is 41.4 Å². The van der Waals surface area contributed by atoms with E-state index in [4.69, 9.17) is 0 Å². The first-order valence-corrected chi connectivity index (χ1v) is 9.02. The Morgan fingerprint density at radius 2 is 1.52 bits per heavy atom. The number of benzene rings is 1. The Morgan fingerprint density at radius 3 is 2.00 bits per heavy atom. The smallest absolute Gasteiger partial charge is 0.253 e. The van der Waals surface area contributed by atoms with E-state index in [9.17, 15) is 14.4 Å². The zero-order valence-electron chi connectivity index (χ0n) is 14.5. The first-order chi connectivity index (χ1) is 12.1. The van der Waals surface area contributed by atoms with Gasteiger partial charge in [-0.3, -0.25) is 19.3 Å². The molecule has 0 radical (unpaired) electrons. The van der Waals surface area contributed by atoms with E-state index in [0.717, 1.165) is 6.42 Å². The number of fused-ring (bicyclic) bond motifs is 5. The molecule has 1 aromatic carbocycles. The number of hydrogen-bond acceptors (Lipinski definition) is 3. The van der Waals surface area contributed by atoms with Crippen LogP contribution in [0.15, 0.2) is 36.4 Å². The highest BCUT2D eigenvalue weighted by molar-refractivity contribution is 6.22. The number of allylic oxidation sites excluding steroid dienone is 2. The van der Waals surface area contributed by atoms with Crippen LogP contribution in [0.5, 0.6) is 0 Å². The molecule has 5 heteroatoms. The molecule has 1 aromatic rings. The molecule has 3 aliphatic rings. The summed E-state index contributed by atoms with van der Waals surface area (Å²) in [4.78, 5) is 41.1. The number of rotatable bonds is 4. The zero-order chi connectivity index (χ0) is 17.7. The summed E-state index contributed by atoms with van der Waals surface area (Å²) < 4.78 is 0. The number of anilines is 1. The third-order valence-corrected chi connectivity index (χ3v) is 5.89. The van der Waals surface area contributed by atoms with Crippen molar-refractivity contribution >= 4 is 23.4 Å². The molecule has 25 heavy (non-hydrogen) atoms. The summed E-state index contributed by atoms with van der Waals surface area (Å²) in [7, 11) is 0. The predicted molar refractivity (Wildman–Crippen MR) is 93.9 cm³/mol. The molecule has 0 spiro atoms. The maximum Gasteiger partial charge on any atom is 0.253 e. The molecule has 130 valence electrons. The molecule has 4 atom stereocenters. The van der Waals surface area contributed by atoms with Gasteiger partial charge in [0, 0.05) is 18.7 Å². The van der Waals surface area contributed by atoms with Crippen LogP contribution in [-0.4, -0.2) is 35.7 Å². The lowest BCUT2D eigenvalue weighted by Crippen LogP contribution is -2.33. The van der Waals surface area contributed by atoms with E-state index in [1.54, 1.807) is 29.2 Å². The van der Waals surface area contributed by atoms with Gasteiger partial charge in [0.15, 0.2) is 0 Å². The fourth-order valence-corrected chi connectivity index (χ4v) is 4.60. The summed E-state index contributed by atoms with van der Waals surface area (Å²) >= 11 is 0. The molecular weight excluding hydrogens is 316 g/mol. The number of hydrogen-bond donors (Lipinski definition) is 0. The summed E-state index contributed by atoms with van der Waals surface area (Å²) in [6, 6.07) is 6.83. The van der Waals surface area contributed by atoms with Gasteiger partial charge in [-0.1, -0.05) is 12.2 Å². The van der Waals surface area contributed by atoms with E-state index in [0.29, 0.717) is 24.3 Å². The average Bonchev–Trinajstić information content (AvgIpc) is 3.30. The third-order valence-electron chi connectivity index (χ3n) is 5.89. The van der Waals surface area contributed by atoms with Crippen LogP contribution in [0.3, 0.4) is 0 Å². The van der Waals surface area contributed by atoms with E-state index < -0.39 is 0 Å². The standard InChI is InChI=1S/C20H22N2O3/c1-3-21(4-2)18(23)12-7-9-15(10-8-12)22-19(24)16-13-5-6-14(11-13)17(16)20(22)25/h5-10,13-14,16-17H,3-4,11H2,1-2H3. The van der Waals surface area contributed by atoms with Crippen molar-refractivity contribution in [2.24, 2.45) is 23.7 Å². The van der Waals surface area contributed by atoms with Crippen molar-refractivity contribution in [1.82, 2.24) is 4.90 Å². The second-order valence-corrected chi connectivity index (χ2v) is 7.04. The van der Waals surface area contributed by atoms with Crippen molar-refractivity contribution in [3.63, 3.8) is 0 Å². The quantitative estimate of drug-likeness (QED) is 0.626. The molecule has 1 heterocycles. The minimum Gasteiger partial charge on any atom is -0.339 e. The van der Waals surface area contributed by atoms with Crippen molar-refractivity contribution in [2.45, 2.75) is 20.3 Å². The van der Waals surface area contributed by atoms with Gasteiger partial charge < -0.3 is 4.90 Å². The highest BCUT2D eigenvalue weighted by Gasteiger charge is 2.59. The summed E-state index contributed by atoms with van der Waals surface area (Å²) in [6.45, 7) is 5.19. The van der Waals surface area contributed by atoms with Gasteiger partial charge in [-0.15, -0.1) is 0 Å². The molecule has 2 bridgehead atoms. The molecule has 4 unspecified atom stereocenters. The van der Waals surface area contributed by atoms with E-state index in [1.165, 1.54) is 4.90 Å². The Bertz CT molecular complexity index is 734. The van der Waals surface area contributed by atoms with Crippen molar-refractivity contribution in [3.05, 3.63) is 42.0 Å². The molecular formula is C20H22N2O3. The van der Waals surface area contributed by atoms with Crippen LogP contribution in [0, 0.1) is 23.7 Å². The largest absolute Gasteiger partial charge is 0.339 e. The first-order valence-electron chi connectivity index (χ1n) is 9.02. The lowest BCUT2D eigenvalue weighted by Gasteiger charge is -2.20. The SMILES string of the molecule is CCN(CC)C(=O)c1ccc(N2C(=O)C3C4C=CC(C4)C3C2=O)cc1. The molecule has 1 aliphatic heterocycles. The molecule has 2 aliphatic carbocycles. The minimum atomic E-state index is -0.195. The number of nitrogens with zero attached hydrogens (tertiary/aromatic N) is 2. The van der Waals surface area contributed by atoms with E-state index >= 15 is 0 Å². The molecule has 1 saturated carbocycles. The average molecular weight is 338 g/mol. The van der Waals surface area contributed by atoms with Gasteiger partial charge in [0.25, 0.3) is 5.91 Å². The molecule has 2 fully saturated rings. The monoisotopic (exact) mass is 338 g/mol. The Kier molecular flexibility index (Phi) is 3.74. The maximum absolute atomic E-state index is 12.8. The fraction of sp³-hybridized carbons (Fsp3) is 0.450. The molecule has 4 rings (SSSR count). The zero-order valence-corrected chi connectivity index (χ0v) is 14.5. The molecule has 1 saturated heterocycles. The van der Waals surface area contributed by atoms with Gasteiger partial charge in [0.1, 0.15) is 0 Å². The first kappa shape index (κ1) is 16.1. The minimum absolute atomic E-state index is 0.0326. The lowest BCUT2D eigenvalue weighted by atomic mass is 9.85. The van der Waals surface area contributed by atoms with Crippen LogP contribution in [0.25, 0.3) is 0 Å². The summed E-state index contributed by atoms with van der Waals surface area (Å²) in [5.74, 6) is -0.182. The normalized spacial score (nSPS) is 29.4. The predicted octanol–water partition coefficient (Wildman–Crippen LogP) is 2.48. The third kappa shape index (κ3) is 2.25. The van der Waals surface area contributed by atoms with Crippen LogP contribution < -0.4 is 4.90 Å². The molecule has 0 N–H and O–H groups in total. The summed E-state index contributed by atoms with van der Waals surface area (Å²) in [6.07, 6.45) is 5.11. The van der Waals surface area contributed by atoms with Crippen LogP contribution >= 0.6 is 0 Å². The van der Waals surface area contributed by atoms with Crippen LogP contribution in [0.1, 0.15) is 30.6 Å². The van der Waals surface area contributed by atoms with E-state index in [2.05, 4.69) is 12.2 Å². The summed E-state index contributed by atoms with van der Waals surface area (Å²) in [5.41, 5.74) is 1.15. The van der Waals surface area contributed by atoms with Gasteiger partial charge in [-0.05, 0) is 56.4 Å². The Labute approximate surface area is 147 Å². The van der Waals surface area contributed by atoms with Crippen molar-refractivity contribution in [1.29, 1.82) is 0 Å². The van der Waals surface area contributed by atoms with Crippen molar-refractivity contribution in [2.75, 3.05) is 18.0 Å². The van der Waals surface area contributed by atoms with Crippen molar-refractivity contribution < 1.29 is 14.4 Å². The lowest BCUT2D eigenvalue weighted by molar-refractivity contribution is -0.123. The van der Waals surface area contributed by atoms with Crippen LogP contribution in [-0.2, 0) is 9.59 Å². The molecule has 5 nitrogen and oxygen atoms in total. The number of imide groups is 1. The number of amides is 3. The summed E-state index contributed by atoms with van der Waals surface area (Å²) in [5, 5.41) is 0. The van der Waals surface area contributed by atoms with Gasteiger partial charge in [0.05, 0.1) is 17.5 Å². The van der Waals surface area contributed by atoms with Gasteiger partial charge in [-0.2, -0.15) is 0 Å². The highest BCUT2D eigenvalue weighted by atomic mass is 16.2. The maximum atomic E-state index is 12.8. The number of carbonyl (C=O) groups excluding carboxylic acids is 3. The van der Waals surface area contributed by atoms with Gasteiger partial charge in [0.2, 0.25) is 11.8 Å². The van der Waals surface area contributed by atoms with Crippen molar-refractivity contribution in [3.8, 4) is 0 Å². The second-order valence-electron chi connectivity index (χ2n) is 7.04. The van der Waals surface area contributed by atoms with E-state index in [1.807, 2.05) is 13.8 Å². The van der Waals surface area contributed by atoms with Crippen LogP contribution in [0.2, 0.25) is 0 Å². The highest BCUT2D eigenvalue weighted by Crippen LogP contribution is 2.53. The van der Waals surface area contributed by atoms with Crippen LogP contribution in [0.4, 0.5) is 5.69 Å². The van der Waals surface area contributed by atoms with Gasteiger partial charge in [-0.25, -0.2) is 0 Å².